The van der Waals surface area contributed by atoms with Crippen LogP contribution in [-0.2, 0) is 9.59 Å². The smallest absolute Gasteiger partial charge is 0.329 e. The summed E-state index contributed by atoms with van der Waals surface area (Å²) in [6, 6.07) is 11.6. The molecule has 7 nitrogen and oxygen atoms in total. The predicted molar refractivity (Wildman–Crippen MR) is 95.4 cm³/mol. The van der Waals surface area contributed by atoms with Crippen molar-refractivity contribution in [2.75, 3.05) is 19.5 Å². The van der Waals surface area contributed by atoms with E-state index in [1.54, 1.807) is 43.5 Å². The summed E-state index contributed by atoms with van der Waals surface area (Å²) < 4.78 is 10.3. The van der Waals surface area contributed by atoms with Crippen LogP contribution >= 0.6 is 11.6 Å². The van der Waals surface area contributed by atoms with E-state index in [4.69, 9.17) is 21.1 Å². The van der Waals surface area contributed by atoms with Gasteiger partial charge in [-0.05, 0) is 30.3 Å². The van der Waals surface area contributed by atoms with Gasteiger partial charge >= 0.3 is 11.8 Å². The lowest BCUT2D eigenvalue weighted by molar-refractivity contribution is -0.136. The molecule has 0 saturated carbocycles. The maximum atomic E-state index is 11.8. The van der Waals surface area contributed by atoms with E-state index < -0.39 is 11.8 Å². The molecule has 2 aromatic carbocycles. The van der Waals surface area contributed by atoms with Gasteiger partial charge in [-0.3, -0.25) is 9.59 Å². The van der Waals surface area contributed by atoms with Crippen molar-refractivity contribution in [2.45, 2.75) is 0 Å². The normalized spacial score (nSPS) is 10.4. The lowest BCUT2D eigenvalue weighted by atomic mass is 10.2. The molecule has 0 aromatic heterocycles. The van der Waals surface area contributed by atoms with Gasteiger partial charge in [0.1, 0.15) is 11.5 Å². The number of ether oxygens (including phenoxy) is 2. The fourth-order valence-corrected chi connectivity index (χ4v) is 2.08. The second kappa shape index (κ2) is 8.70. The molecule has 0 aliphatic heterocycles. The highest BCUT2D eigenvalue weighted by Gasteiger charge is 2.13. The SMILES string of the molecule is COc1ccc(/C=N\NC(=O)C(=O)Nc2cccc(Cl)c2)c(OC)c1. The van der Waals surface area contributed by atoms with E-state index >= 15 is 0 Å². The monoisotopic (exact) mass is 361 g/mol. The van der Waals surface area contributed by atoms with Gasteiger partial charge in [0.25, 0.3) is 0 Å². The van der Waals surface area contributed by atoms with Gasteiger partial charge in [-0.2, -0.15) is 5.10 Å². The molecule has 0 spiro atoms. The van der Waals surface area contributed by atoms with Crippen molar-refractivity contribution in [2.24, 2.45) is 5.10 Å². The summed E-state index contributed by atoms with van der Waals surface area (Å²) in [7, 11) is 3.05. The minimum absolute atomic E-state index is 0.411. The Kier molecular flexibility index (Phi) is 6.36. The second-order valence-electron chi connectivity index (χ2n) is 4.77. The van der Waals surface area contributed by atoms with Gasteiger partial charge in [-0.25, -0.2) is 5.43 Å². The van der Waals surface area contributed by atoms with Gasteiger partial charge in [-0.1, -0.05) is 17.7 Å². The number of amides is 2. The van der Waals surface area contributed by atoms with Gasteiger partial charge in [0.15, 0.2) is 0 Å². The standard InChI is InChI=1S/C17H16ClN3O4/c1-24-14-7-6-11(15(9-14)25-2)10-19-21-17(23)16(22)20-13-5-3-4-12(18)8-13/h3-10H,1-2H3,(H,20,22)(H,21,23)/b19-10-. The Bertz CT molecular complexity index is 808. The zero-order valence-electron chi connectivity index (χ0n) is 13.6. The molecule has 0 bridgehead atoms. The second-order valence-corrected chi connectivity index (χ2v) is 5.21. The summed E-state index contributed by atoms with van der Waals surface area (Å²) in [6.45, 7) is 0. The number of anilines is 1. The highest BCUT2D eigenvalue weighted by Crippen LogP contribution is 2.23. The highest BCUT2D eigenvalue weighted by atomic mass is 35.5. The van der Waals surface area contributed by atoms with Crippen molar-refractivity contribution in [1.29, 1.82) is 0 Å². The maximum absolute atomic E-state index is 11.8. The number of carbonyl (C=O) groups excluding carboxylic acids is 2. The lowest BCUT2D eigenvalue weighted by Crippen LogP contribution is -2.32. The molecule has 0 heterocycles. The highest BCUT2D eigenvalue weighted by molar-refractivity contribution is 6.39. The van der Waals surface area contributed by atoms with E-state index in [-0.39, 0.29) is 0 Å². The van der Waals surface area contributed by atoms with Crippen LogP contribution < -0.4 is 20.2 Å². The van der Waals surface area contributed by atoms with Crippen LogP contribution in [0.3, 0.4) is 0 Å². The third-order valence-electron chi connectivity index (χ3n) is 3.10. The molecule has 0 atom stereocenters. The number of nitrogens with zero attached hydrogens (tertiary/aromatic N) is 1. The van der Waals surface area contributed by atoms with E-state index in [0.29, 0.717) is 27.8 Å². The minimum Gasteiger partial charge on any atom is -0.497 e. The molecule has 2 N–H and O–H groups in total. The molecule has 0 fully saturated rings. The summed E-state index contributed by atoms with van der Waals surface area (Å²) >= 11 is 5.81. The molecule has 2 aromatic rings. The van der Waals surface area contributed by atoms with Crippen LogP contribution in [0.2, 0.25) is 5.02 Å². The summed E-state index contributed by atoms with van der Waals surface area (Å²) in [4.78, 5) is 23.5. The van der Waals surface area contributed by atoms with Gasteiger partial charge in [0, 0.05) is 22.3 Å². The molecule has 2 rings (SSSR count). The van der Waals surface area contributed by atoms with Crippen molar-refractivity contribution >= 4 is 35.3 Å². The van der Waals surface area contributed by atoms with Crippen LogP contribution in [0.1, 0.15) is 5.56 Å². The zero-order valence-corrected chi connectivity index (χ0v) is 14.3. The summed E-state index contributed by atoms with van der Waals surface area (Å²) in [5, 5.41) is 6.62. The van der Waals surface area contributed by atoms with Gasteiger partial charge in [-0.15, -0.1) is 0 Å². The Labute approximate surface area is 149 Å². The fourth-order valence-electron chi connectivity index (χ4n) is 1.89. The van der Waals surface area contributed by atoms with Crippen LogP contribution in [0.25, 0.3) is 0 Å². The van der Waals surface area contributed by atoms with Crippen molar-refractivity contribution in [3.05, 3.63) is 53.1 Å². The molecule has 0 radical (unpaired) electrons. The number of hydrogen-bond acceptors (Lipinski definition) is 5. The number of methoxy groups -OCH3 is 2. The molecule has 0 aliphatic rings. The van der Waals surface area contributed by atoms with Crippen LogP contribution in [0.5, 0.6) is 11.5 Å². The molecular formula is C17H16ClN3O4. The third-order valence-corrected chi connectivity index (χ3v) is 3.33. The topological polar surface area (TPSA) is 89.0 Å². The Balaban J connectivity index is 1.97. The Morgan fingerprint density at radius 3 is 2.56 bits per heavy atom. The molecule has 0 saturated heterocycles. The van der Waals surface area contributed by atoms with Gasteiger partial charge in [0.05, 0.1) is 20.4 Å². The number of carbonyl (C=O) groups is 2. The number of halogens is 1. The van der Waals surface area contributed by atoms with Crippen LogP contribution in [0.15, 0.2) is 47.6 Å². The van der Waals surface area contributed by atoms with E-state index in [9.17, 15) is 9.59 Å². The molecule has 2 amide bonds. The molecule has 0 aliphatic carbocycles. The van der Waals surface area contributed by atoms with Gasteiger partial charge < -0.3 is 14.8 Å². The van der Waals surface area contributed by atoms with E-state index in [2.05, 4.69) is 15.8 Å². The summed E-state index contributed by atoms with van der Waals surface area (Å²) in [5.41, 5.74) is 3.17. The van der Waals surface area contributed by atoms with Crippen LogP contribution in [0, 0.1) is 0 Å². The minimum atomic E-state index is -0.913. The lowest BCUT2D eigenvalue weighted by Gasteiger charge is -2.07. The van der Waals surface area contributed by atoms with E-state index in [1.807, 2.05) is 0 Å². The Hall–Kier alpha value is -3.06. The van der Waals surface area contributed by atoms with Crippen LogP contribution in [-0.4, -0.2) is 32.2 Å². The van der Waals surface area contributed by atoms with E-state index in [1.165, 1.54) is 19.4 Å². The number of hydrogen-bond donors (Lipinski definition) is 2. The fraction of sp³-hybridized carbons (Fsp3) is 0.118. The number of nitrogens with one attached hydrogen (secondary N) is 2. The largest absolute Gasteiger partial charge is 0.497 e. The third kappa shape index (κ3) is 5.22. The van der Waals surface area contributed by atoms with E-state index in [0.717, 1.165) is 0 Å². The first-order chi connectivity index (χ1) is 12.0. The Morgan fingerprint density at radius 1 is 1.08 bits per heavy atom. The van der Waals surface area contributed by atoms with Gasteiger partial charge in [0.2, 0.25) is 0 Å². The molecule has 0 unspecified atom stereocenters. The average Bonchev–Trinajstić information content (AvgIpc) is 2.61. The average molecular weight is 362 g/mol. The van der Waals surface area contributed by atoms with Crippen molar-refractivity contribution in [3.63, 3.8) is 0 Å². The van der Waals surface area contributed by atoms with Crippen molar-refractivity contribution in [1.82, 2.24) is 5.43 Å². The molecular weight excluding hydrogens is 346 g/mol. The Morgan fingerprint density at radius 2 is 1.88 bits per heavy atom. The quantitative estimate of drug-likeness (QED) is 0.486. The number of rotatable bonds is 5. The first kappa shape index (κ1) is 18.3. The molecule has 8 heteroatoms. The zero-order chi connectivity index (χ0) is 18.2. The first-order valence-corrected chi connectivity index (χ1v) is 7.53. The van der Waals surface area contributed by atoms with Crippen molar-refractivity contribution < 1.29 is 19.1 Å². The number of benzene rings is 2. The molecule has 130 valence electrons. The first-order valence-electron chi connectivity index (χ1n) is 7.15. The maximum Gasteiger partial charge on any atom is 0.329 e. The van der Waals surface area contributed by atoms with Crippen molar-refractivity contribution in [3.8, 4) is 11.5 Å². The van der Waals surface area contributed by atoms with Crippen LogP contribution in [0.4, 0.5) is 5.69 Å². The summed E-state index contributed by atoms with van der Waals surface area (Å²) in [5.74, 6) is -0.635. The predicted octanol–water partition coefficient (Wildman–Crippen LogP) is 2.45. The number of hydrazone groups is 1. The summed E-state index contributed by atoms with van der Waals surface area (Å²) in [6.07, 6.45) is 1.36. The molecule has 25 heavy (non-hydrogen) atoms.